The molecule has 0 radical (unpaired) electrons. The molecular formula is C36H47BBrN5O7. The van der Waals surface area contributed by atoms with Crippen molar-refractivity contribution in [2.45, 2.75) is 82.0 Å². The number of fused-ring (bicyclic) bond motifs is 1. The van der Waals surface area contributed by atoms with Crippen LogP contribution in [0.5, 0.6) is 5.75 Å². The molecule has 2 atom stereocenters. The van der Waals surface area contributed by atoms with Crippen LogP contribution in [0.2, 0.25) is 0 Å². The van der Waals surface area contributed by atoms with E-state index in [2.05, 4.69) is 26.1 Å². The molecule has 3 fully saturated rings. The molecule has 0 aliphatic carbocycles. The minimum Gasteiger partial charge on any atom is -0.507 e. The number of phenolic OH excluding ortho intramolecular Hbond substituents is 1. The smallest absolute Gasteiger partial charge is 0.410 e. The van der Waals surface area contributed by atoms with Gasteiger partial charge in [-0.15, -0.1) is 0 Å². The molecule has 12 nitrogen and oxygen atoms in total. The largest absolute Gasteiger partial charge is 0.507 e. The van der Waals surface area contributed by atoms with Gasteiger partial charge in [0.05, 0.1) is 11.6 Å². The van der Waals surface area contributed by atoms with Crippen molar-refractivity contribution in [3.8, 4) is 5.75 Å². The first-order valence-corrected chi connectivity index (χ1v) is 18.6. The fraction of sp³-hybridized carbons (Fsp3) is 0.556. The summed E-state index contributed by atoms with van der Waals surface area (Å²) in [5.41, 5.74) is 3.36. The summed E-state index contributed by atoms with van der Waals surface area (Å²) in [5, 5.41) is 13.3. The molecule has 268 valence electrons. The molecule has 2 aromatic carbocycles. The van der Waals surface area contributed by atoms with Gasteiger partial charge in [-0.3, -0.25) is 14.5 Å². The van der Waals surface area contributed by atoms with E-state index < -0.39 is 12.2 Å². The number of para-hydroxylation sites is 1. The number of nitrogens with one attached hydrogen (secondary N) is 1. The number of hydrogen-bond acceptors (Lipinski definition) is 8. The summed E-state index contributed by atoms with van der Waals surface area (Å²) in [4.78, 5) is 60.9. The van der Waals surface area contributed by atoms with E-state index in [4.69, 9.17) is 9.47 Å². The number of phenols is 1. The van der Waals surface area contributed by atoms with E-state index in [0.29, 0.717) is 68.3 Å². The number of rotatable bonds is 7. The third-order valence-electron chi connectivity index (χ3n) is 10.8. The lowest BCUT2D eigenvalue weighted by Crippen LogP contribution is -2.55. The number of carbonyl (C=O) groups excluding carboxylic acids is 4. The molecule has 4 heterocycles. The molecule has 0 aromatic heterocycles. The number of esters is 1. The maximum atomic E-state index is 14.1. The van der Waals surface area contributed by atoms with Gasteiger partial charge in [0.15, 0.2) is 6.10 Å². The first kappa shape index (κ1) is 36.0. The number of carbonyl (C=O) groups is 4. The summed E-state index contributed by atoms with van der Waals surface area (Å²) in [7, 11) is 3.22. The van der Waals surface area contributed by atoms with Crippen LogP contribution in [0.1, 0.15) is 56.1 Å². The predicted molar refractivity (Wildman–Crippen MR) is 194 cm³/mol. The molecule has 2 N–H and O–H groups in total. The van der Waals surface area contributed by atoms with Gasteiger partial charge in [0.25, 0.3) is 5.91 Å². The van der Waals surface area contributed by atoms with Crippen LogP contribution in [0, 0.1) is 0 Å². The molecule has 3 saturated heterocycles. The molecule has 4 aliphatic heterocycles. The Balaban J connectivity index is 1.09. The number of likely N-dealkylation sites (tertiary alicyclic amines) is 3. The number of hydrogen-bond donors (Lipinski definition) is 2. The number of anilines is 1. The standard InChI is InChI=1S/C36H47BBrN5O7/c1-49-34(46)30-8-4-5-14-42(30)25-10-15-40(16-11-25)33(45)31(22-23-20-27(37)32(44)28(38)21-23)50-36(48)41-17-12-26(13-18-41)43-19-9-24-6-2-3-7-29(24)39-35(43)47/h2-3,6-7,20-21,25-26,30-31,44H,4-5,8-19,22,37H2,1H3,(H,39,47)/t30-,31+/m0/s1. The quantitative estimate of drug-likeness (QED) is 0.326. The van der Waals surface area contributed by atoms with Crippen LogP contribution in [0.15, 0.2) is 40.9 Å². The van der Waals surface area contributed by atoms with Crippen LogP contribution >= 0.6 is 15.9 Å². The highest BCUT2D eigenvalue weighted by Crippen LogP contribution is 2.29. The van der Waals surface area contributed by atoms with Gasteiger partial charge in [-0.2, -0.15) is 0 Å². The van der Waals surface area contributed by atoms with Gasteiger partial charge in [-0.1, -0.05) is 30.7 Å². The average molecular weight is 753 g/mol. The third kappa shape index (κ3) is 8.06. The second-order valence-corrected chi connectivity index (χ2v) is 14.8. The Morgan fingerprint density at radius 2 is 1.66 bits per heavy atom. The van der Waals surface area contributed by atoms with E-state index in [-0.39, 0.29) is 48.2 Å². The minimum absolute atomic E-state index is 0.0110. The predicted octanol–water partition coefficient (Wildman–Crippen LogP) is 3.03. The topological polar surface area (TPSA) is 132 Å². The van der Waals surface area contributed by atoms with Crippen molar-refractivity contribution < 1.29 is 33.8 Å². The Hall–Kier alpha value is -3.78. The van der Waals surface area contributed by atoms with Crippen LogP contribution in [0.25, 0.3) is 0 Å². The summed E-state index contributed by atoms with van der Waals surface area (Å²) < 4.78 is 11.6. The highest BCUT2D eigenvalue weighted by atomic mass is 79.9. The molecule has 0 saturated carbocycles. The average Bonchev–Trinajstić information content (AvgIpc) is 3.31. The molecule has 50 heavy (non-hydrogen) atoms. The van der Waals surface area contributed by atoms with Crippen molar-refractivity contribution in [2.75, 3.05) is 51.7 Å². The van der Waals surface area contributed by atoms with Crippen LogP contribution in [0.3, 0.4) is 0 Å². The Morgan fingerprint density at radius 1 is 0.960 bits per heavy atom. The van der Waals surface area contributed by atoms with E-state index in [1.807, 2.05) is 29.2 Å². The number of amides is 4. The number of piperidine rings is 3. The molecule has 6 rings (SSSR count). The number of benzene rings is 2. The van der Waals surface area contributed by atoms with Gasteiger partial charge in [0.1, 0.15) is 19.6 Å². The summed E-state index contributed by atoms with van der Waals surface area (Å²) >= 11 is 3.40. The summed E-state index contributed by atoms with van der Waals surface area (Å²) in [6, 6.07) is 11.2. The zero-order valence-corrected chi connectivity index (χ0v) is 30.5. The van der Waals surface area contributed by atoms with E-state index in [0.717, 1.165) is 49.0 Å². The van der Waals surface area contributed by atoms with Gasteiger partial charge in [0.2, 0.25) is 0 Å². The van der Waals surface area contributed by atoms with Crippen molar-refractivity contribution in [2.24, 2.45) is 0 Å². The van der Waals surface area contributed by atoms with Crippen molar-refractivity contribution in [1.82, 2.24) is 19.6 Å². The molecule has 0 unspecified atom stereocenters. The first-order valence-electron chi connectivity index (χ1n) is 17.8. The molecule has 4 amide bonds. The van der Waals surface area contributed by atoms with E-state index in [9.17, 15) is 24.3 Å². The fourth-order valence-electron chi connectivity index (χ4n) is 8.01. The second kappa shape index (κ2) is 16.1. The number of halogens is 1. The third-order valence-corrected chi connectivity index (χ3v) is 11.4. The molecule has 4 aliphatic rings. The highest BCUT2D eigenvalue weighted by Gasteiger charge is 2.39. The van der Waals surface area contributed by atoms with Gasteiger partial charge in [0, 0.05) is 56.9 Å². The van der Waals surface area contributed by atoms with E-state index in [1.54, 1.807) is 29.8 Å². The Bertz CT molecular complexity index is 1560. The Kier molecular flexibility index (Phi) is 11.6. The lowest BCUT2D eigenvalue weighted by Gasteiger charge is -2.44. The van der Waals surface area contributed by atoms with Gasteiger partial charge < -0.3 is 34.6 Å². The van der Waals surface area contributed by atoms with Crippen LogP contribution in [0.4, 0.5) is 15.3 Å². The second-order valence-electron chi connectivity index (χ2n) is 13.9. The Morgan fingerprint density at radius 3 is 2.38 bits per heavy atom. The van der Waals surface area contributed by atoms with Crippen molar-refractivity contribution in [3.05, 3.63) is 52.0 Å². The number of urea groups is 1. The van der Waals surface area contributed by atoms with Crippen molar-refractivity contribution in [1.29, 1.82) is 0 Å². The Labute approximate surface area is 302 Å². The van der Waals surface area contributed by atoms with E-state index >= 15 is 0 Å². The molecular weight excluding hydrogens is 705 g/mol. The number of aromatic hydroxyl groups is 1. The number of nitrogens with zero attached hydrogens (tertiary/aromatic N) is 4. The van der Waals surface area contributed by atoms with Crippen LogP contribution in [-0.4, -0.2) is 127 Å². The SMILES string of the molecule is Bc1cc(C[C@@H](OC(=O)N2CCC(N3CCc4ccccc4NC3=O)CC2)C(=O)N2CCC(N3CCCC[C@H]3C(=O)OC)CC2)cc(Br)c1O. The van der Waals surface area contributed by atoms with Gasteiger partial charge >= 0.3 is 18.1 Å². The minimum atomic E-state index is -1.06. The molecule has 14 heteroatoms. The van der Waals surface area contributed by atoms with E-state index in [1.165, 1.54) is 7.11 Å². The first-order chi connectivity index (χ1) is 24.1. The lowest BCUT2D eigenvalue weighted by molar-refractivity contribution is -0.151. The molecule has 2 aromatic rings. The maximum absolute atomic E-state index is 14.1. The molecule has 0 spiro atoms. The highest BCUT2D eigenvalue weighted by molar-refractivity contribution is 9.10. The number of ether oxygens (including phenoxy) is 2. The lowest BCUT2D eigenvalue weighted by atomic mass is 9.91. The molecule has 0 bridgehead atoms. The monoisotopic (exact) mass is 751 g/mol. The summed E-state index contributed by atoms with van der Waals surface area (Å²) in [6.45, 7) is 3.25. The zero-order chi connectivity index (χ0) is 35.4. The fourth-order valence-corrected chi connectivity index (χ4v) is 8.62. The maximum Gasteiger partial charge on any atom is 0.410 e. The normalized spacial score (nSPS) is 21.5. The summed E-state index contributed by atoms with van der Waals surface area (Å²) in [5.74, 6) is -0.323. The van der Waals surface area contributed by atoms with Crippen molar-refractivity contribution in [3.63, 3.8) is 0 Å². The van der Waals surface area contributed by atoms with Crippen LogP contribution < -0.4 is 10.8 Å². The summed E-state index contributed by atoms with van der Waals surface area (Å²) in [6.07, 6.45) is 4.77. The number of methoxy groups -OCH3 is 1. The van der Waals surface area contributed by atoms with Crippen LogP contribution in [-0.2, 0) is 31.9 Å². The van der Waals surface area contributed by atoms with Crippen molar-refractivity contribution >= 4 is 58.9 Å². The van der Waals surface area contributed by atoms with Gasteiger partial charge in [-0.05, 0) is 96.1 Å². The zero-order valence-electron chi connectivity index (χ0n) is 28.9. The van der Waals surface area contributed by atoms with Gasteiger partial charge in [-0.25, -0.2) is 9.59 Å².